The first-order valence-corrected chi connectivity index (χ1v) is 10.8. The maximum atomic E-state index is 2.44. The average Bonchev–Trinajstić information content (AvgIpc) is 3.06. The van der Waals surface area contributed by atoms with Gasteiger partial charge in [-0.05, 0) is 89.3 Å². The number of allylic oxidation sites excluding steroid dienone is 8. The van der Waals surface area contributed by atoms with E-state index in [1.807, 2.05) is 13.8 Å². The van der Waals surface area contributed by atoms with Gasteiger partial charge in [-0.3, -0.25) is 0 Å². The smallest absolute Gasteiger partial charge is 0 e. The Morgan fingerprint density at radius 2 is 1.38 bits per heavy atom. The van der Waals surface area contributed by atoms with Crippen molar-refractivity contribution in [3.63, 3.8) is 0 Å². The molecule has 1 radical (unpaired) electrons. The number of fused-ring (bicyclic) bond motifs is 1. The van der Waals surface area contributed by atoms with E-state index < -0.39 is 0 Å². The van der Waals surface area contributed by atoms with Gasteiger partial charge in [-0.2, -0.15) is 0 Å². The molecule has 0 saturated carbocycles. The van der Waals surface area contributed by atoms with Gasteiger partial charge in [0.1, 0.15) is 0 Å². The van der Waals surface area contributed by atoms with E-state index in [1.54, 1.807) is 0 Å². The largest absolute Gasteiger partial charge is 0.358 e. The second kappa shape index (κ2) is 18.1. The standard InChI is InChI=1S/C25H34.C2H6.CH3.Y/c1-20(2)10-7-11-21(3)12-8-13-22(4)14-9-16-24-19-18-23-15-5-6-17-25(23)24;1-2;;/h5-6,10,12,14-15,17,19H,7-9,11,13,16,18H2,1-4H3;1-2H3;1H3;/q;;-1;/b21-12+,22-14+;;;. The Morgan fingerprint density at radius 1 is 0.828 bits per heavy atom. The molecule has 1 aromatic carbocycles. The Kier molecular flexibility index (Phi) is 19.0. The number of benzene rings is 1. The van der Waals surface area contributed by atoms with Crippen LogP contribution >= 0.6 is 0 Å². The number of rotatable bonds is 9. The molecule has 0 atom stereocenters. The molecule has 0 aromatic heterocycles. The maximum absolute atomic E-state index is 2.44. The third-order valence-electron chi connectivity index (χ3n) is 4.96. The van der Waals surface area contributed by atoms with E-state index in [-0.39, 0.29) is 40.1 Å². The number of hydrogen-bond donors (Lipinski definition) is 0. The Hall–Kier alpha value is -0.716. The summed E-state index contributed by atoms with van der Waals surface area (Å²) in [7, 11) is 0. The second-order valence-corrected chi connectivity index (χ2v) is 7.59. The first kappa shape index (κ1) is 30.5. The zero-order chi connectivity index (χ0) is 20.1. The van der Waals surface area contributed by atoms with Gasteiger partial charge in [-0.1, -0.05) is 79.1 Å². The number of hydrogen-bond acceptors (Lipinski definition) is 0. The van der Waals surface area contributed by atoms with Crippen LogP contribution in [-0.2, 0) is 39.1 Å². The van der Waals surface area contributed by atoms with Gasteiger partial charge in [0, 0.05) is 32.7 Å². The van der Waals surface area contributed by atoms with Gasteiger partial charge in [0.25, 0.3) is 0 Å². The van der Waals surface area contributed by atoms with Crippen molar-refractivity contribution < 1.29 is 32.7 Å². The van der Waals surface area contributed by atoms with Gasteiger partial charge in [-0.15, -0.1) is 0 Å². The van der Waals surface area contributed by atoms with Crippen LogP contribution in [0.5, 0.6) is 0 Å². The Balaban J connectivity index is 0. The van der Waals surface area contributed by atoms with E-state index in [4.69, 9.17) is 0 Å². The molecule has 1 heteroatoms. The summed E-state index contributed by atoms with van der Waals surface area (Å²) in [4.78, 5) is 0. The minimum absolute atomic E-state index is 0. The van der Waals surface area contributed by atoms with Crippen molar-refractivity contribution in [3.8, 4) is 0 Å². The SMILES string of the molecule is CC.CC(C)=CCC/C(C)=C/CC/C(C)=C/CCC1=CCc2ccccc21.[CH3-].[Y]. The molecule has 0 nitrogen and oxygen atoms in total. The van der Waals surface area contributed by atoms with Crippen LogP contribution in [0.1, 0.15) is 91.2 Å². The predicted octanol–water partition coefficient (Wildman–Crippen LogP) is 9.30. The zero-order valence-electron chi connectivity index (χ0n) is 20.1. The van der Waals surface area contributed by atoms with Crippen molar-refractivity contribution in [1.29, 1.82) is 0 Å². The Morgan fingerprint density at radius 3 is 2.00 bits per heavy atom. The van der Waals surface area contributed by atoms with Gasteiger partial charge in [-0.25, -0.2) is 0 Å². The van der Waals surface area contributed by atoms with Crippen molar-refractivity contribution >= 4 is 5.57 Å². The molecule has 0 heterocycles. The van der Waals surface area contributed by atoms with Crippen molar-refractivity contribution in [3.05, 3.63) is 83.8 Å². The fraction of sp³-hybridized carbons (Fsp3) is 0.464. The van der Waals surface area contributed by atoms with Crippen LogP contribution in [-0.4, -0.2) is 0 Å². The van der Waals surface area contributed by atoms with E-state index in [0.29, 0.717) is 0 Å². The molecule has 1 aromatic rings. The van der Waals surface area contributed by atoms with Crippen LogP contribution in [0.2, 0.25) is 0 Å². The fourth-order valence-corrected chi connectivity index (χ4v) is 3.40. The summed E-state index contributed by atoms with van der Waals surface area (Å²) in [6.07, 6.45) is 17.8. The minimum atomic E-state index is 0. The molecule has 0 N–H and O–H groups in total. The van der Waals surface area contributed by atoms with E-state index in [2.05, 4.69) is 76.3 Å². The van der Waals surface area contributed by atoms with Gasteiger partial charge >= 0.3 is 0 Å². The van der Waals surface area contributed by atoms with Gasteiger partial charge in [0.2, 0.25) is 0 Å². The minimum Gasteiger partial charge on any atom is -0.358 e. The topological polar surface area (TPSA) is 0 Å². The fourth-order valence-electron chi connectivity index (χ4n) is 3.40. The van der Waals surface area contributed by atoms with Crippen LogP contribution in [0.3, 0.4) is 0 Å². The van der Waals surface area contributed by atoms with E-state index in [9.17, 15) is 0 Å². The third kappa shape index (κ3) is 12.5. The van der Waals surface area contributed by atoms with E-state index in [1.165, 1.54) is 65.5 Å². The first-order chi connectivity index (χ1) is 13.1. The molecule has 0 saturated heterocycles. The maximum Gasteiger partial charge on any atom is 0 e. The third-order valence-corrected chi connectivity index (χ3v) is 4.96. The van der Waals surface area contributed by atoms with Crippen LogP contribution in [0.4, 0.5) is 0 Å². The zero-order valence-corrected chi connectivity index (χ0v) is 23.0. The molecule has 1 aliphatic rings. The first-order valence-electron chi connectivity index (χ1n) is 10.8. The molecule has 159 valence electrons. The summed E-state index contributed by atoms with van der Waals surface area (Å²) >= 11 is 0. The van der Waals surface area contributed by atoms with Crippen LogP contribution in [0.25, 0.3) is 5.57 Å². The van der Waals surface area contributed by atoms with Gasteiger partial charge < -0.3 is 7.43 Å². The van der Waals surface area contributed by atoms with Crippen molar-refractivity contribution in [2.75, 3.05) is 0 Å². The molecule has 0 spiro atoms. The summed E-state index contributed by atoms with van der Waals surface area (Å²) in [5.74, 6) is 0. The molecule has 0 bridgehead atoms. The molecular formula is C28H43Y-. The van der Waals surface area contributed by atoms with E-state index in [0.717, 1.165) is 12.8 Å². The molecule has 0 unspecified atom stereocenters. The molecule has 1 aliphatic carbocycles. The summed E-state index contributed by atoms with van der Waals surface area (Å²) < 4.78 is 0. The van der Waals surface area contributed by atoms with Crippen LogP contribution in [0, 0.1) is 7.43 Å². The molecule has 29 heavy (non-hydrogen) atoms. The van der Waals surface area contributed by atoms with Crippen molar-refractivity contribution in [2.24, 2.45) is 0 Å². The van der Waals surface area contributed by atoms with Gasteiger partial charge in [0.05, 0.1) is 0 Å². The average molecular weight is 469 g/mol. The molecule has 0 aliphatic heterocycles. The predicted molar refractivity (Wildman–Crippen MR) is 131 cm³/mol. The van der Waals surface area contributed by atoms with Crippen molar-refractivity contribution in [2.45, 2.75) is 86.5 Å². The Labute approximate surface area is 207 Å². The normalized spacial score (nSPS) is 12.6. The molecule has 2 rings (SSSR count). The summed E-state index contributed by atoms with van der Waals surface area (Å²) in [5.41, 5.74) is 8.98. The summed E-state index contributed by atoms with van der Waals surface area (Å²) in [6, 6.07) is 8.83. The van der Waals surface area contributed by atoms with Crippen LogP contribution < -0.4 is 0 Å². The quantitative estimate of drug-likeness (QED) is 0.250. The van der Waals surface area contributed by atoms with Crippen LogP contribution in [0.15, 0.2) is 65.3 Å². The molecule has 0 amide bonds. The van der Waals surface area contributed by atoms with Crippen molar-refractivity contribution in [1.82, 2.24) is 0 Å². The molecule has 0 fully saturated rings. The monoisotopic (exact) mass is 468 g/mol. The van der Waals surface area contributed by atoms with E-state index >= 15 is 0 Å². The summed E-state index contributed by atoms with van der Waals surface area (Å²) in [6.45, 7) is 12.9. The van der Waals surface area contributed by atoms with Gasteiger partial charge in [0.15, 0.2) is 0 Å². The molecular weight excluding hydrogens is 425 g/mol. The summed E-state index contributed by atoms with van der Waals surface area (Å²) in [5, 5.41) is 0. The second-order valence-electron chi connectivity index (χ2n) is 7.59. The Bertz CT molecular complexity index is 682.